The Morgan fingerprint density at radius 1 is 1.33 bits per heavy atom. The summed E-state index contributed by atoms with van der Waals surface area (Å²) >= 11 is 0. The van der Waals surface area contributed by atoms with Crippen molar-refractivity contribution in [2.24, 2.45) is 0 Å². The van der Waals surface area contributed by atoms with Crippen LogP contribution < -0.4 is 0 Å². The van der Waals surface area contributed by atoms with Gasteiger partial charge < -0.3 is 4.90 Å². The molecule has 3 rings (SSSR count). The monoisotopic (exact) mass is 328 g/mol. The van der Waals surface area contributed by atoms with Crippen molar-refractivity contribution < 1.29 is 0 Å². The van der Waals surface area contributed by atoms with E-state index < -0.39 is 0 Å². The maximum atomic E-state index is 4.81. The Morgan fingerprint density at radius 3 is 3.00 bits per heavy atom. The molecule has 3 heterocycles. The molecule has 1 aliphatic rings. The second-order valence-corrected chi connectivity index (χ2v) is 6.88. The summed E-state index contributed by atoms with van der Waals surface area (Å²) in [4.78, 5) is 14.0. The molecule has 0 unspecified atom stereocenters. The summed E-state index contributed by atoms with van der Waals surface area (Å²) < 4.78 is 2.04. The normalized spacial score (nSPS) is 18.6. The zero-order valence-electron chi connectivity index (χ0n) is 15.0. The zero-order valence-corrected chi connectivity index (χ0v) is 15.0. The molecule has 0 N–H and O–H groups in total. The van der Waals surface area contributed by atoms with E-state index in [4.69, 9.17) is 4.98 Å². The molecular formula is C18H28N6. The van der Waals surface area contributed by atoms with Crippen molar-refractivity contribution >= 4 is 0 Å². The molecule has 1 saturated heterocycles. The zero-order chi connectivity index (χ0) is 16.9. The van der Waals surface area contributed by atoms with Crippen LogP contribution in [0, 0.1) is 0 Å². The van der Waals surface area contributed by atoms with Gasteiger partial charge in [-0.1, -0.05) is 6.92 Å². The lowest BCUT2D eigenvalue weighted by molar-refractivity contribution is 0.239. The molecule has 0 saturated carbocycles. The minimum absolute atomic E-state index is 0.321. The van der Waals surface area contributed by atoms with Gasteiger partial charge in [0, 0.05) is 37.6 Å². The number of aromatic nitrogens is 4. The number of aryl methyl sites for hydroxylation is 1. The molecule has 0 aromatic carbocycles. The van der Waals surface area contributed by atoms with Crippen LogP contribution in [0.3, 0.4) is 0 Å². The lowest BCUT2D eigenvalue weighted by atomic mass is 10.2. The minimum Gasteiger partial charge on any atom is -0.304 e. The lowest BCUT2D eigenvalue weighted by Gasteiger charge is -2.23. The lowest BCUT2D eigenvalue weighted by Crippen LogP contribution is -2.24. The van der Waals surface area contributed by atoms with E-state index in [-0.39, 0.29) is 0 Å². The molecule has 1 aliphatic heterocycles. The summed E-state index contributed by atoms with van der Waals surface area (Å²) in [6, 6.07) is 2.33. The molecule has 0 radical (unpaired) electrons. The van der Waals surface area contributed by atoms with E-state index in [0.717, 1.165) is 50.5 Å². The highest BCUT2D eigenvalue weighted by atomic mass is 15.3. The Bertz CT molecular complexity index is 650. The van der Waals surface area contributed by atoms with Crippen molar-refractivity contribution in [2.75, 3.05) is 20.6 Å². The summed E-state index contributed by atoms with van der Waals surface area (Å²) in [5.74, 6) is 0.966. The van der Waals surface area contributed by atoms with Gasteiger partial charge in [-0.3, -0.25) is 9.58 Å². The van der Waals surface area contributed by atoms with Gasteiger partial charge in [0.15, 0.2) is 0 Å². The Labute approximate surface area is 144 Å². The molecule has 0 amide bonds. The Kier molecular flexibility index (Phi) is 5.58. The van der Waals surface area contributed by atoms with Crippen molar-refractivity contribution in [3.8, 4) is 0 Å². The molecule has 0 aliphatic carbocycles. The van der Waals surface area contributed by atoms with Gasteiger partial charge >= 0.3 is 0 Å². The van der Waals surface area contributed by atoms with Gasteiger partial charge in [-0.15, -0.1) is 0 Å². The fraction of sp³-hybridized carbons (Fsp3) is 0.611. The third-order valence-corrected chi connectivity index (χ3v) is 4.40. The molecular weight excluding hydrogens is 300 g/mol. The molecule has 2 aromatic heterocycles. The third-order valence-electron chi connectivity index (χ3n) is 4.40. The highest BCUT2D eigenvalue weighted by molar-refractivity contribution is 5.09. The van der Waals surface area contributed by atoms with Crippen molar-refractivity contribution in [1.29, 1.82) is 0 Å². The molecule has 24 heavy (non-hydrogen) atoms. The molecule has 6 nitrogen and oxygen atoms in total. The van der Waals surface area contributed by atoms with Crippen LogP contribution in [-0.4, -0.2) is 50.2 Å². The van der Waals surface area contributed by atoms with E-state index >= 15 is 0 Å². The molecule has 1 fully saturated rings. The van der Waals surface area contributed by atoms with Crippen LogP contribution in [0.15, 0.2) is 24.7 Å². The maximum absolute atomic E-state index is 4.81. The van der Waals surface area contributed by atoms with Crippen LogP contribution in [0.1, 0.15) is 49.3 Å². The highest BCUT2D eigenvalue weighted by Crippen LogP contribution is 2.31. The third kappa shape index (κ3) is 4.19. The summed E-state index contributed by atoms with van der Waals surface area (Å²) in [6.45, 7) is 6.04. The molecule has 130 valence electrons. The number of hydrogen-bond donors (Lipinski definition) is 0. The average Bonchev–Trinajstić information content (AvgIpc) is 3.17. The Morgan fingerprint density at radius 2 is 2.21 bits per heavy atom. The van der Waals surface area contributed by atoms with Gasteiger partial charge in [0.25, 0.3) is 0 Å². The van der Waals surface area contributed by atoms with Crippen molar-refractivity contribution in [1.82, 2.24) is 29.5 Å². The minimum atomic E-state index is 0.321. The van der Waals surface area contributed by atoms with Gasteiger partial charge in [0.05, 0.1) is 17.9 Å². The number of rotatable bonds is 7. The van der Waals surface area contributed by atoms with E-state index in [9.17, 15) is 0 Å². The second kappa shape index (κ2) is 7.85. The van der Waals surface area contributed by atoms with Gasteiger partial charge in [-0.25, -0.2) is 9.97 Å². The largest absolute Gasteiger partial charge is 0.304 e. The van der Waals surface area contributed by atoms with Gasteiger partial charge in [0.2, 0.25) is 0 Å². The Balaban J connectivity index is 1.70. The number of hydrogen-bond acceptors (Lipinski definition) is 5. The number of nitrogens with zero attached hydrogens (tertiary/aromatic N) is 6. The first-order valence-electron chi connectivity index (χ1n) is 8.87. The predicted molar refractivity (Wildman–Crippen MR) is 94.3 cm³/mol. The van der Waals surface area contributed by atoms with Crippen LogP contribution >= 0.6 is 0 Å². The standard InChI is InChI=1S/C18H28N6/c1-4-9-24-13-15(11-20-24)12-23-10-5-6-17(23)18-19-8-7-16(21-18)14-22(2)3/h7-8,11,13,17H,4-6,9-10,12,14H2,1-3H3/t17-/m0/s1. The number of likely N-dealkylation sites (tertiary alicyclic amines) is 1. The van der Waals surface area contributed by atoms with E-state index in [1.165, 1.54) is 12.0 Å². The van der Waals surface area contributed by atoms with Crippen LogP contribution in [0.25, 0.3) is 0 Å². The van der Waals surface area contributed by atoms with Crippen molar-refractivity contribution in [3.05, 3.63) is 41.7 Å². The van der Waals surface area contributed by atoms with Crippen LogP contribution in [0.2, 0.25) is 0 Å². The summed E-state index contributed by atoms with van der Waals surface area (Å²) in [5, 5.41) is 4.45. The first-order valence-corrected chi connectivity index (χ1v) is 8.87. The predicted octanol–water partition coefficient (Wildman–Crippen LogP) is 2.48. The van der Waals surface area contributed by atoms with E-state index in [2.05, 4.69) is 47.1 Å². The summed E-state index contributed by atoms with van der Waals surface area (Å²) in [6.07, 6.45) is 9.51. The van der Waals surface area contributed by atoms with Crippen LogP contribution in [0.4, 0.5) is 0 Å². The van der Waals surface area contributed by atoms with Crippen LogP contribution in [0.5, 0.6) is 0 Å². The topological polar surface area (TPSA) is 50.1 Å². The molecule has 2 aromatic rings. The van der Waals surface area contributed by atoms with Crippen LogP contribution in [-0.2, 0) is 19.6 Å². The van der Waals surface area contributed by atoms with Gasteiger partial charge in [-0.2, -0.15) is 5.10 Å². The SMILES string of the molecule is CCCn1cc(CN2CCC[C@H]2c2nccc(CN(C)C)n2)cn1. The first-order chi connectivity index (χ1) is 11.7. The summed E-state index contributed by atoms with van der Waals surface area (Å²) in [5.41, 5.74) is 2.37. The van der Waals surface area contributed by atoms with Crippen molar-refractivity contribution in [3.63, 3.8) is 0 Å². The van der Waals surface area contributed by atoms with E-state index in [1.54, 1.807) is 0 Å². The summed E-state index contributed by atoms with van der Waals surface area (Å²) in [7, 11) is 4.13. The average molecular weight is 328 g/mol. The molecule has 0 spiro atoms. The van der Waals surface area contributed by atoms with E-state index in [1.807, 2.05) is 23.1 Å². The van der Waals surface area contributed by atoms with E-state index in [0.29, 0.717) is 6.04 Å². The second-order valence-electron chi connectivity index (χ2n) is 6.88. The fourth-order valence-corrected chi connectivity index (χ4v) is 3.37. The molecule has 6 heteroatoms. The van der Waals surface area contributed by atoms with Crippen molar-refractivity contribution in [2.45, 2.75) is 51.9 Å². The Hall–Kier alpha value is -1.79. The molecule has 1 atom stereocenters. The molecule has 0 bridgehead atoms. The highest BCUT2D eigenvalue weighted by Gasteiger charge is 2.28. The first kappa shape index (κ1) is 17.0. The smallest absolute Gasteiger partial charge is 0.145 e. The van der Waals surface area contributed by atoms with Gasteiger partial charge in [0.1, 0.15) is 5.82 Å². The fourth-order valence-electron chi connectivity index (χ4n) is 3.37. The maximum Gasteiger partial charge on any atom is 0.145 e. The quantitative estimate of drug-likeness (QED) is 0.781. The van der Waals surface area contributed by atoms with Gasteiger partial charge in [-0.05, 0) is 46.0 Å².